The number of hydrogen-bond acceptors (Lipinski definition) is 10. The van der Waals surface area contributed by atoms with E-state index < -0.39 is 23.7 Å². The Morgan fingerprint density at radius 1 is 0.964 bits per heavy atom. The van der Waals surface area contributed by atoms with Crippen molar-refractivity contribution in [3.8, 4) is 5.75 Å². The van der Waals surface area contributed by atoms with E-state index in [1.807, 2.05) is 23.0 Å². The molecule has 17 heteroatoms. The summed E-state index contributed by atoms with van der Waals surface area (Å²) in [7, 11) is 0. The van der Waals surface area contributed by atoms with Gasteiger partial charge >= 0.3 is 0 Å². The Morgan fingerprint density at radius 2 is 1.79 bits per heavy atom. The molecule has 3 aromatic heterocycles. The molecule has 0 bridgehead atoms. The Kier molecular flexibility index (Phi) is 9.53. The molecule has 1 atom stereocenters. The Bertz CT molecular complexity index is 2360. The molecule has 1 aliphatic carbocycles. The predicted molar refractivity (Wildman–Crippen MR) is 204 cm³/mol. The van der Waals surface area contributed by atoms with Crippen LogP contribution in [0.4, 0.5) is 15.8 Å². The third-order valence-electron chi connectivity index (χ3n) is 11.1. The number of carbonyl (C=O) groups excluding carboxylic acids is 4. The molecule has 4 amide bonds. The highest BCUT2D eigenvalue weighted by atomic mass is 35.5. The quantitative estimate of drug-likeness (QED) is 0.165. The van der Waals surface area contributed by atoms with Crippen LogP contribution in [0.1, 0.15) is 65.3 Å². The average Bonchev–Trinajstić information content (AvgIpc) is 3.76. The van der Waals surface area contributed by atoms with Crippen molar-refractivity contribution in [2.75, 3.05) is 49.5 Å². The van der Waals surface area contributed by atoms with E-state index in [2.05, 4.69) is 35.8 Å². The lowest BCUT2D eigenvalue weighted by atomic mass is 9.96. The van der Waals surface area contributed by atoms with Crippen LogP contribution in [0.25, 0.3) is 16.6 Å². The third-order valence-corrected chi connectivity index (χ3v) is 11.3. The monoisotopic (exact) mass is 782 g/mol. The van der Waals surface area contributed by atoms with Crippen molar-refractivity contribution in [1.29, 1.82) is 0 Å². The summed E-state index contributed by atoms with van der Waals surface area (Å²) in [6.45, 7) is 4.96. The molecule has 0 radical (unpaired) electrons. The van der Waals surface area contributed by atoms with Crippen LogP contribution in [-0.4, -0.2) is 98.3 Å². The Labute approximate surface area is 325 Å². The summed E-state index contributed by atoms with van der Waals surface area (Å²) in [6.07, 6.45) is 11.1. The van der Waals surface area contributed by atoms with E-state index in [4.69, 9.17) is 21.4 Å². The first-order chi connectivity index (χ1) is 27.1. The van der Waals surface area contributed by atoms with Crippen molar-refractivity contribution in [2.45, 2.75) is 50.6 Å². The smallest absolute Gasteiger partial charge is 0.261 e. The fraction of sp³-hybridized carbons (Fsp3) is 0.410. The number of nitrogens with zero attached hydrogens (tertiary/aromatic N) is 7. The number of benzene rings is 2. The zero-order valence-electron chi connectivity index (χ0n) is 30.4. The molecular formula is C39H40ClFN10O5. The standard InChI is InChI=1S/C39H40ClFN10O5/c40-25-14-42-36-29(15-43-51(36)20-25)38(54)45-33-11-24-19-50(47-32(24)13-34(33)56-21-22-1-2-22)26-7-9-48(10-8-26)16-23-17-49(18-23)27-3-4-28(30(41)12-27)37(53)44-31-5-6-35(52)46-39(31)55/h3-4,11-15,19-20,22-23,26,31H,1-2,5-10,16-18,21H2,(H,44,53)(H,45,54)(H,46,52,55). The molecule has 2 aromatic carbocycles. The van der Waals surface area contributed by atoms with Crippen LogP contribution in [0.5, 0.6) is 5.75 Å². The molecule has 6 heterocycles. The number of nitrogens with one attached hydrogen (secondary N) is 3. The summed E-state index contributed by atoms with van der Waals surface area (Å²) in [6, 6.07) is 7.73. The Hall–Kier alpha value is -5.61. The second-order valence-electron chi connectivity index (χ2n) is 15.3. The fourth-order valence-electron chi connectivity index (χ4n) is 7.75. The van der Waals surface area contributed by atoms with Crippen molar-refractivity contribution >= 4 is 63.2 Å². The van der Waals surface area contributed by atoms with Crippen LogP contribution in [0.2, 0.25) is 5.02 Å². The van der Waals surface area contributed by atoms with E-state index in [9.17, 15) is 19.2 Å². The number of halogens is 2. The minimum absolute atomic E-state index is 0.123. The number of amides is 4. The summed E-state index contributed by atoms with van der Waals surface area (Å²) < 4.78 is 24.8. The minimum Gasteiger partial charge on any atom is -0.491 e. The van der Waals surface area contributed by atoms with Gasteiger partial charge in [0.1, 0.15) is 23.2 Å². The molecule has 5 aromatic rings. The highest BCUT2D eigenvalue weighted by Gasteiger charge is 2.33. The lowest BCUT2D eigenvalue weighted by molar-refractivity contribution is -0.134. The van der Waals surface area contributed by atoms with E-state index in [1.165, 1.54) is 29.0 Å². The molecule has 9 rings (SSSR count). The van der Waals surface area contributed by atoms with Gasteiger partial charge in [0.25, 0.3) is 11.8 Å². The van der Waals surface area contributed by atoms with Gasteiger partial charge < -0.3 is 25.2 Å². The molecule has 56 heavy (non-hydrogen) atoms. The maximum Gasteiger partial charge on any atom is 0.261 e. The van der Waals surface area contributed by atoms with Crippen molar-refractivity contribution in [2.24, 2.45) is 11.8 Å². The van der Waals surface area contributed by atoms with Crippen molar-refractivity contribution in [1.82, 2.24) is 39.9 Å². The number of hydrogen-bond donors (Lipinski definition) is 3. The molecule has 3 saturated heterocycles. The Balaban J connectivity index is 0.791. The number of imide groups is 1. The first-order valence-corrected chi connectivity index (χ1v) is 19.4. The van der Waals surface area contributed by atoms with Crippen LogP contribution in [0.3, 0.4) is 0 Å². The van der Waals surface area contributed by atoms with Crippen LogP contribution in [-0.2, 0) is 9.59 Å². The highest BCUT2D eigenvalue weighted by Crippen LogP contribution is 2.36. The van der Waals surface area contributed by atoms with E-state index in [0.717, 1.165) is 69.3 Å². The van der Waals surface area contributed by atoms with Gasteiger partial charge in [-0.15, -0.1) is 0 Å². The van der Waals surface area contributed by atoms with Gasteiger partial charge in [0.15, 0.2) is 5.65 Å². The van der Waals surface area contributed by atoms with Gasteiger partial charge in [-0.2, -0.15) is 10.2 Å². The molecule has 3 N–H and O–H groups in total. The molecule has 1 saturated carbocycles. The molecule has 1 unspecified atom stereocenters. The maximum atomic E-state index is 15.0. The van der Waals surface area contributed by atoms with Crippen LogP contribution >= 0.6 is 11.6 Å². The number of likely N-dealkylation sites (tertiary alicyclic amines) is 1. The summed E-state index contributed by atoms with van der Waals surface area (Å²) in [5, 5.41) is 18.3. The van der Waals surface area contributed by atoms with Gasteiger partial charge in [0, 0.05) is 74.6 Å². The third kappa shape index (κ3) is 7.50. The lowest BCUT2D eigenvalue weighted by Crippen LogP contribution is -2.53. The fourth-order valence-corrected chi connectivity index (χ4v) is 7.89. The van der Waals surface area contributed by atoms with Gasteiger partial charge in [0.2, 0.25) is 11.8 Å². The summed E-state index contributed by atoms with van der Waals surface area (Å²) >= 11 is 6.05. The van der Waals surface area contributed by atoms with E-state index in [-0.39, 0.29) is 36.3 Å². The minimum atomic E-state index is -0.867. The zero-order chi connectivity index (χ0) is 38.5. The SMILES string of the molecule is O=C1CCC(NC(=O)c2ccc(N3CC(CN4CCC(n5cc6cc(NC(=O)c7cnn8cc(Cl)cnc78)c(OCC7CC7)cc6n5)CC4)C3)cc2F)C(=O)N1. The molecule has 0 spiro atoms. The second kappa shape index (κ2) is 14.8. The second-order valence-corrected chi connectivity index (χ2v) is 15.7. The lowest BCUT2D eigenvalue weighted by Gasteiger charge is -2.44. The van der Waals surface area contributed by atoms with Crippen LogP contribution in [0.15, 0.2) is 55.1 Å². The molecule has 4 aliphatic rings. The largest absolute Gasteiger partial charge is 0.491 e. The van der Waals surface area contributed by atoms with Crippen molar-refractivity contribution < 1.29 is 28.3 Å². The first kappa shape index (κ1) is 36.1. The number of aromatic nitrogens is 5. The molecule has 15 nitrogen and oxygen atoms in total. The number of piperidine rings is 2. The van der Waals surface area contributed by atoms with Gasteiger partial charge in [-0.25, -0.2) is 13.9 Å². The van der Waals surface area contributed by atoms with Gasteiger partial charge in [-0.1, -0.05) is 11.6 Å². The van der Waals surface area contributed by atoms with Gasteiger partial charge in [0.05, 0.1) is 46.8 Å². The van der Waals surface area contributed by atoms with E-state index in [1.54, 1.807) is 12.3 Å². The van der Waals surface area contributed by atoms with Gasteiger partial charge in [-0.3, -0.25) is 29.2 Å². The average molecular weight is 783 g/mol. The highest BCUT2D eigenvalue weighted by molar-refractivity contribution is 6.30. The number of carbonyl (C=O) groups is 4. The Morgan fingerprint density at radius 3 is 2.55 bits per heavy atom. The summed E-state index contributed by atoms with van der Waals surface area (Å²) in [4.78, 5) is 58.4. The zero-order valence-corrected chi connectivity index (χ0v) is 31.2. The van der Waals surface area contributed by atoms with Crippen molar-refractivity contribution in [3.05, 3.63) is 77.1 Å². The summed E-state index contributed by atoms with van der Waals surface area (Å²) in [5.74, 6) is -1.10. The molecule has 3 aliphatic heterocycles. The van der Waals surface area contributed by atoms with Crippen LogP contribution < -0.4 is 25.6 Å². The van der Waals surface area contributed by atoms with E-state index >= 15 is 4.39 Å². The number of rotatable bonds is 11. The number of ether oxygens (including phenoxy) is 1. The first-order valence-electron chi connectivity index (χ1n) is 19.0. The van der Waals surface area contributed by atoms with E-state index in [0.29, 0.717) is 51.8 Å². The number of fused-ring (bicyclic) bond motifs is 2. The molecule has 4 fully saturated rings. The normalized spacial score (nSPS) is 19.6. The predicted octanol–water partition coefficient (Wildman–Crippen LogP) is 4.22. The maximum absolute atomic E-state index is 15.0. The molecular weight excluding hydrogens is 743 g/mol. The summed E-state index contributed by atoms with van der Waals surface area (Å²) in [5.41, 5.74) is 2.67. The topological polar surface area (TPSA) is 168 Å². The van der Waals surface area contributed by atoms with Crippen LogP contribution in [0, 0.1) is 17.7 Å². The number of anilines is 2. The van der Waals surface area contributed by atoms with Gasteiger partial charge in [-0.05, 0) is 62.3 Å². The van der Waals surface area contributed by atoms with Crippen molar-refractivity contribution in [3.63, 3.8) is 0 Å². The molecule has 290 valence electrons.